The Balaban J connectivity index is 3.88. The van der Waals surface area contributed by atoms with Crippen molar-refractivity contribution in [1.82, 2.24) is 4.90 Å². The van der Waals surface area contributed by atoms with Crippen molar-refractivity contribution in [3.8, 4) is 0 Å². The SMILES string of the molecule is CCCCC/C=C\C/C=C\CCCCCCCCOCC(CSSC(C)N(C)C)OCCCCCCCC/C=C\C/C=C\CCCCC. The minimum atomic E-state index is 0.194. The van der Waals surface area contributed by atoms with Crippen molar-refractivity contribution < 1.29 is 9.47 Å². The van der Waals surface area contributed by atoms with Gasteiger partial charge in [-0.15, -0.1) is 0 Å². The van der Waals surface area contributed by atoms with Crippen LogP contribution in [-0.4, -0.2) is 56.0 Å². The van der Waals surface area contributed by atoms with Crippen LogP contribution in [0.4, 0.5) is 0 Å². The molecular weight excluding hydrogens is 627 g/mol. The van der Waals surface area contributed by atoms with E-state index >= 15 is 0 Å². The van der Waals surface area contributed by atoms with Gasteiger partial charge in [0.25, 0.3) is 0 Å². The maximum absolute atomic E-state index is 6.34. The molecule has 0 fully saturated rings. The van der Waals surface area contributed by atoms with E-state index in [1.165, 1.54) is 141 Å². The molecule has 0 saturated carbocycles. The zero-order valence-electron chi connectivity index (χ0n) is 32.7. The fourth-order valence-corrected chi connectivity index (χ4v) is 7.78. The lowest BCUT2D eigenvalue weighted by molar-refractivity contribution is -0.00609. The molecule has 48 heavy (non-hydrogen) atoms. The number of hydrogen-bond acceptors (Lipinski definition) is 5. The van der Waals surface area contributed by atoms with Gasteiger partial charge in [0.15, 0.2) is 0 Å². The molecule has 0 aromatic rings. The molecule has 0 aliphatic heterocycles. The molecule has 0 spiro atoms. The molecule has 2 atom stereocenters. The van der Waals surface area contributed by atoms with Crippen LogP contribution in [0.3, 0.4) is 0 Å². The van der Waals surface area contributed by atoms with Gasteiger partial charge >= 0.3 is 0 Å². The molecule has 0 heterocycles. The van der Waals surface area contributed by atoms with Crippen LogP contribution in [-0.2, 0) is 9.47 Å². The molecule has 0 aromatic carbocycles. The van der Waals surface area contributed by atoms with E-state index in [1.807, 2.05) is 21.6 Å². The van der Waals surface area contributed by atoms with Crippen LogP contribution in [0.25, 0.3) is 0 Å². The first-order chi connectivity index (χ1) is 23.6. The van der Waals surface area contributed by atoms with E-state index in [2.05, 4.69) is 88.4 Å². The first kappa shape index (κ1) is 47.5. The minimum Gasteiger partial charge on any atom is -0.379 e. The van der Waals surface area contributed by atoms with Crippen LogP contribution in [0.2, 0.25) is 0 Å². The van der Waals surface area contributed by atoms with E-state index < -0.39 is 0 Å². The van der Waals surface area contributed by atoms with Crippen LogP contribution in [0.15, 0.2) is 48.6 Å². The molecule has 0 bridgehead atoms. The standard InChI is InChI=1S/C43H81NO2S2/c1-6-8-10-12-14-16-18-20-22-24-26-28-30-32-34-36-38-45-40-43(41-47-48-42(3)44(4)5)46-39-37-35-33-31-29-27-25-23-21-19-17-15-13-11-9-7-2/h14-17,20-23,42-43H,6-13,18-19,24-41H2,1-5H3/b16-14-,17-15-,22-20-,23-21-. The smallest absolute Gasteiger partial charge is 0.0906 e. The van der Waals surface area contributed by atoms with Crippen LogP contribution in [0.1, 0.15) is 175 Å². The average molecular weight is 708 g/mol. The summed E-state index contributed by atoms with van der Waals surface area (Å²) in [5.74, 6) is 0.995. The predicted octanol–water partition coefficient (Wildman–Crippen LogP) is 14.3. The summed E-state index contributed by atoms with van der Waals surface area (Å²) in [5.41, 5.74) is 0. The van der Waals surface area contributed by atoms with Crippen molar-refractivity contribution in [2.75, 3.05) is 39.7 Å². The number of allylic oxidation sites excluding steroid dienone is 8. The van der Waals surface area contributed by atoms with Crippen molar-refractivity contribution in [3.05, 3.63) is 48.6 Å². The van der Waals surface area contributed by atoms with Crippen molar-refractivity contribution >= 4 is 21.6 Å². The fraction of sp³-hybridized carbons (Fsp3) is 0.814. The van der Waals surface area contributed by atoms with Crippen LogP contribution in [0.5, 0.6) is 0 Å². The first-order valence-corrected chi connectivity index (χ1v) is 22.7. The Hall–Kier alpha value is -0.460. The largest absolute Gasteiger partial charge is 0.379 e. The van der Waals surface area contributed by atoms with Gasteiger partial charge in [0, 0.05) is 19.0 Å². The quantitative estimate of drug-likeness (QED) is 0.0275. The molecule has 282 valence electrons. The second-order valence-corrected chi connectivity index (χ2v) is 16.4. The lowest BCUT2D eigenvalue weighted by Crippen LogP contribution is -2.24. The highest BCUT2D eigenvalue weighted by atomic mass is 33.1. The highest BCUT2D eigenvalue weighted by Crippen LogP contribution is 2.29. The normalized spacial score (nSPS) is 13.8. The molecule has 0 saturated heterocycles. The zero-order chi connectivity index (χ0) is 35.0. The Morgan fingerprint density at radius 1 is 0.521 bits per heavy atom. The Morgan fingerprint density at radius 3 is 1.40 bits per heavy atom. The van der Waals surface area contributed by atoms with E-state index in [0.717, 1.165) is 38.4 Å². The lowest BCUT2D eigenvalue weighted by atomic mass is 10.1. The van der Waals surface area contributed by atoms with Gasteiger partial charge in [-0.25, -0.2) is 0 Å². The third kappa shape index (κ3) is 38.3. The molecule has 0 N–H and O–H groups in total. The third-order valence-corrected chi connectivity index (χ3v) is 11.7. The molecule has 0 rings (SSSR count). The summed E-state index contributed by atoms with van der Waals surface area (Å²) in [7, 11) is 8.16. The number of rotatable bonds is 38. The zero-order valence-corrected chi connectivity index (χ0v) is 34.3. The van der Waals surface area contributed by atoms with Gasteiger partial charge in [-0.2, -0.15) is 0 Å². The third-order valence-electron chi connectivity index (χ3n) is 8.68. The van der Waals surface area contributed by atoms with E-state index in [4.69, 9.17) is 9.47 Å². The van der Waals surface area contributed by atoms with Gasteiger partial charge in [0.1, 0.15) is 0 Å². The van der Waals surface area contributed by atoms with Gasteiger partial charge in [-0.1, -0.05) is 161 Å². The Bertz CT molecular complexity index is 736. The van der Waals surface area contributed by atoms with Crippen molar-refractivity contribution in [1.29, 1.82) is 0 Å². The van der Waals surface area contributed by atoms with Crippen LogP contribution < -0.4 is 0 Å². The average Bonchev–Trinajstić information content (AvgIpc) is 3.08. The topological polar surface area (TPSA) is 21.7 Å². The summed E-state index contributed by atoms with van der Waals surface area (Å²) in [4.78, 5) is 2.26. The van der Waals surface area contributed by atoms with Gasteiger partial charge in [0.05, 0.1) is 18.1 Å². The monoisotopic (exact) mass is 708 g/mol. The molecule has 0 radical (unpaired) electrons. The molecular formula is C43H81NO2S2. The Kier molecular flexibility index (Phi) is 40.6. The number of ether oxygens (including phenoxy) is 2. The molecule has 5 heteroatoms. The van der Waals surface area contributed by atoms with E-state index in [9.17, 15) is 0 Å². The van der Waals surface area contributed by atoms with Gasteiger partial charge in [-0.3, -0.25) is 4.90 Å². The van der Waals surface area contributed by atoms with Crippen molar-refractivity contribution in [3.63, 3.8) is 0 Å². The molecule has 0 aliphatic carbocycles. The van der Waals surface area contributed by atoms with Crippen LogP contribution in [0, 0.1) is 0 Å². The summed E-state index contributed by atoms with van der Waals surface area (Å²) in [6, 6.07) is 0. The lowest BCUT2D eigenvalue weighted by Gasteiger charge is -2.21. The number of hydrogen-bond donors (Lipinski definition) is 0. The predicted molar refractivity (Wildman–Crippen MR) is 222 cm³/mol. The van der Waals surface area contributed by atoms with Crippen LogP contribution >= 0.6 is 21.6 Å². The second kappa shape index (κ2) is 41.0. The second-order valence-electron chi connectivity index (χ2n) is 13.7. The Labute approximate surface area is 309 Å². The van der Waals surface area contributed by atoms with Crippen molar-refractivity contribution in [2.45, 2.75) is 186 Å². The molecule has 0 aliphatic rings. The molecule has 3 nitrogen and oxygen atoms in total. The highest BCUT2D eigenvalue weighted by Gasteiger charge is 2.13. The van der Waals surface area contributed by atoms with Gasteiger partial charge in [0.2, 0.25) is 0 Å². The summed E-state index contributed by atoms with van der Waals surface area (Å²) in [5, 5.41) is 0.502. The summed E-state index contributed by atoms with van der Waals surface area (Å²) in [6.45, 7) is 9.25. The van der Waals surface area contributed by atoms with Gasteiger partial charge < -0.3 is 9.47 Å². The first-order valence-electron chi connectivity index (χ1n) is 20.4. The molecule has 0 aromatic heterocycles. The molecule has 2 unspecified atom stereocenters. The fourth-order valence-electron chi connectivity index (χ4n) is 5.19. The van der Waals surface area contributed by atoms with E-state index in [1.54, 1.807) is 0 Å². The van der Waals surface area contributed by atoms with E-state index in [0.29, 0.717) is 5.37 Å². The highest BCUT2D eigenvalue weighted by molar-refractivity contribution is 8.76. The molecule has 0 amide bonds. The van der Waals surface area contributed by atoms with Gasteiger partial charge in [-0.05, 0) is 98.1 Å². The summed E-state index contributed by atoms with van der Waals surface area (Å²) in [6.07, 6.45) is 49.7. The minimum absolute atomic E-state index is 0.194. The summed E-state index contributed by atoms with van der Waals surface area (Å²) < 4.78 is 12.5. The summed E-state index contributed by atoms with van der Waals surface area (Å²) >= 11 is 0. The van der Waals surface area contributed by atoms with E-state index in [-0.39, 0.29) is 6.10 Å². The number of nitrogens with zero attached hydrogens (tertiary/aromatic N) is 1. The number of unbranched alkanes of at least 4 members (excludes halogenated alkanes) is 18. The Morgan fingerprint density at radius 2 is 0.938 bits per heavy atom. The maximum Gasteiger partial charge on any atom is 0.0906 e. The van der Waals surface area contributed by atoms with Crippen molar-refractivity contribution in [2.24, 2.45) is 0 Å². The maximum atomic E-state index is 6.34.